The zero-order valence-corrected chi connectivity index (χ0v) is 15.5. The maximum atomic E-state index is 12.1. The second kappa shape index (κ2) is 9.54. The van der Waals surface area contributed by atoms with Gasteiger partial charge in [0.05, 0.1) is 11.5 Å². The zero-order chi connectivity index (χ0) is 18.9. The SMILES string of the molecule is O=C(CCCOc1ccccc1)Nc1cccc(NC(=O)c2cccs2)c1. The van der Waals surface area contributed by atoms with Crippen LogP contribution in [0.5, 0.6) is 5.75 Å². The number of ether oxygens (including phenoxy) is 1. The summed E-state index contributed by atoms with van der Waals surface area (Å²) in [5, 5.41) is 7.53. The van der Waals surface area contributed by atoms with Crippen molar-refractivity contribution in [2.24, 2.45) is 0 Å². The van der Waals surface area contributed by atoms with Crippen LogP contribution in [0.25, 0.3) is 0 Å². The van der Waals surface area contributed by atoms with Crippen LogP contribution in [0.4, 0.5) is 11.4 Å². The lowest BCUT2D eigenvalue weighted by Gasteiger charge is -2.09. The minimum atomic E-state index is -0.161. The van der Waals surface area contributed by atoms with E-state index in [0.717, 1.165) is 5.75 Å². The highest BCUT2D eigenvalue weighted by Crippen LogP contribution is 2.18. The third-order valence-corrected chi connectivity index (χ3v) is 4.58. The van der Waals surface area contributed by atoms with E-state index in [1.165, 1.54) is 11.3 Å². The Hall–Kier alpha value is -3.12. The van der Waals surface area contributed by atoms with Gasteiger partial charge in [-0.05, 0) is 48.2 Å². The lowest BCUT2D eigenvalue weighted by Crippen LogP contribution is -2.14. The van der Waals surface area contributed by atoms with E-state index in [9.17, 15) is 9.59 Å². The van der Waals surface area contributed by atoms with E-state index in [0.29, 0.717) is 35.7 Å². The number of rotatable bonds is 8. The van der Waals surface area contributed by atoms with Crippen LogP contribution in [0.15, 0.2) is 72.1 Å². The topological polar surface area (TPSA) is 67.4 Å². The van der Waals surface area contributed by atoms with Crippen LogP contribution in [0.3, 0.4) is 0 Å². The van der Waals surface area contributed by atoms with Crippen molar-refractivity contribution in [1.82, 2.24) is 0 Å². The molecule has 0 radical (unpaired) electrons. The molecule has 5 nitrogen and oxygen atoms in total. The number of carbonyl (C=O) groups excluding carboxylic acids is 2. The van der Waals surface area contributed by atoms with Crippen LogP contribution >= 0.6 is 11.3 Å². The first-order valence-electron chi connectivity index (χ1n) is 8.63. The Balaban J connectivity index is 1.44. The summed E-state index contributed by atoms with van der Waals surface area (Å²) in [5.41, 5.74) is 1.28. The van der Waals surface area contributed by atoms with Gasteiger partial charge in [-0.25, -0.2) is 0 Å². The number of hydrogen-bond donors (Lipinski definition) is 2. The summed E-state index contributed by atoms with van der Waals surface area (Å²) in [6, 6.07) is 20.2. The van der Waals surface area contributed by atoms with Gasteiger partial charge >= 0.3 is 0 Å². The second-order valence-corrected chi connectivity index (χ2v) is 6.77. The third-order valence-electron chi connectivity index (χ3n) is 3.71. The summed E-state index contributed by atoms with van der Waals surface area (Å²) in [4.78, 5) is 24.8. The van der Waals surface area contributed by atoms with Crippen molar-refractivity contribution in [1.29, 1.82) is 0 Å². The lowest BCUT2D eigenvalue weighted by atomic mass is 10.2. The number of anilines is 2. The largest absolute Gasteiger partial charge is 0.494 e. The van der Waals surface area contributed by atoms with E-state index in [1.54, 1.807) is 30.3 Å². The number of thiophene rings is 1. The summed E-state index contributed by atoms with van der Waals surface area (Å²) in [6.45, 7) is 0.481. The molecule has 0 aliphatic carbocycles. The number of para-hydroxylation sites is 1. The first-order chi connectivity index (χ1) is 13.2. The molecule has 0 unspecified atom stereocenters. The molecule has 0 saturated carbocycles. The highest BCUT2D eigenvalue weighted by molar-refractivity contribution is 7.12. The molecule has 1 heterocycles. The fourth-order valence-corrected chi connectivity index (χ4v) is 3.06. The minimum absolute atomic E-state index is 0.0894. The van der Waals surface area contributed by atoms with Gasteiger partial charge < -0.3 is 15.4 Å². The number of carbonyl (C=O) groups is 2. The summed E-state index contributed by atoms with van der Waals surface area (Å²) < 4.78 is 5.58. The van der Waals surface area contributed by atoms with Gasteiger partial charge in [0.25, 0.3) is 5.91 Å². The average molecular weight is 380 g/mol. The van der Waals surface area contributed by atoms with Gasteiger partial charge in [0, 0.05) is 17.8 Å². The monoisotopic (exact) mass is 380 g/mol. The summed E-state index contributed by atoms with van der Waals surface area (Å²) in [7, 11) is 0. The van der Waals surface area contributed by atoms with Crippen molar-refractivity contribution in [3.63, 3.8) is 0 Å². The van der Waals surface area contributed by atoms with Gasteiger partial charge in [0.15, 0.2) is 0 Å². The van der Waals surface area contributed by atoms with Crippen molar-refractivity contribution >= 4 is 34.5 Å². The van der Waals surface area contributed by atoms with Crippen molar-refractivity contribution < 1.29 is 14.3 Å². The summed E-state index contributed by atoms with van der Waals surface area (Å²) in [6.07, 6.45) is 0.980. The first-order valence-corrected chi connectivity index (χ1v) is 9.51. The highest BCUT2D eigenvalue weighted by atomic mass is 32.1. The Bertz CT molecular complexity index is 879. The Kier molecular flexibility index (Phi) is 6.60. The van der Waals surface area contributed by atoms with Crippen molar-refractivity contribution in [2.45, 2.75) is 12.8 Å². The van der Waals surface area contributed by atoms with Crippen molar-refractivity contribution in [3.8, 4) is 5.75 Å². The summed E-state index contributed by atoms with van der Waals surface area (Å²) in [5.74, 6) is 0.548. The normalized spacial score (nSPS) is 10.2. The molecule has 3 rings (SSSR count). The fraction of sp³-hybridized carbons (Fsp3) is 0.143. The van der Waals surface area contributed by atoms with Gasteiger partial charge in [-0.1, -0.05) is 30.3 Å². The Morgan fingerprint density at radius 3 is 2.41 bits per heavy atom. The molecule has 2 aromatic carbocycles. The molecule has 0 atom stereocenters. The minimum Gasteiger partial charge on any atom is -0.494 e. The molecule has 0 bridgehead atoms. The predicted molar refractivity (Wildman–Crippen MR) is 109 cm³/mol. The molecule has 0 fully saturated rings. The molecule has 6 heteroatoms. The lowest BCUT2D eigenvalue weighted by molar-refractivity contribution is -0.116. The van der Waals surface area contributed by atoms with E-state index in [1.807, 2.05) is 41.8 Å². The number of amides is 2. The van der Waals surface area contributed by atoms with E-state index >= 15 is 0 Å². The Morgan fingerprint density at radius 1 is 0.889 bits per heavy atom. The molecule has 3 aromatic rings. The highest BCUT2D eigenvalue weighted by Gasteiger charge is 2.08. The number of benzene rings is 2. The van der Waals surface area contributed by atoms with E-state index in [2.05, 4.69) is 10.6 Å². The van der Waals surface area contributed by atoms with Crippen LogP contribution in [0, 0.1) is 0 Å². The molecule has 1 aromatic heterocycles. The van der Waals surface area contributed by atoms with Crippen molar-refractivity contribution in [2.75, 3.05) is 17.2 Å². The third kappa shape index (κ3) is 5.97. The molecule has 27 heavy (non-hydrogen) atoms. The van der Waals surface area contributed by atoms with Crippen LogP contribution < -0.4 is 15.4 Å². The van der Waals surface area contributed by atoms with E-state index < -0.39 is 0 Å². The molecule has 138 valence electrons. The molecular formula is C21H20N2O3S. The molecule has 0 spiro atoms. The van der Waals surface area contributed by atoms with Crippen LogP contribution in [0.2, 0.25) is 0 Å². The standard InChI is InChI=1S/C21H20N2O3S/c24-20(12-5-13-26-18-9-2-1-3-10-18)22-16-7-4-8-17(15-16)23-21(25)19-11-6-14-27-19/h1-4,6-11,14-15H,5,12-13H2,(H,22,24)(H,23,25). The van der Waals surface area contributed by atoms with Crippen LogP contribution in [0.1, 0.15) is 22.5 Å². The maximum Gasteiger partial charge on any atom is 0.265 e. The average Bonchev–Trinajstić information content (AvgIpc) is 3.21. The molecule has 0 aliphatic rings. The molecule has 0 aliphatic heterocycles. The van der Waals surface area contributed by atoms with Gasteiger partial charge in [0.1, 0.15) is 5.75 Å². The molecule has 0 saturated heterocycles. The smallest absolute Gasteiger partial charge is 0.265 e. The summed E-state index contributed by atoms with van der Waals surface area (Å²) >= 11 is 1.38. The first kappa shape index (κ1) is 18.7. The Labute approximate surface area is 162 Å². The van der Waals surface area contributed by atoms with Gasteiger partial charge in [-0.15, -0.1) is 11.3 Å². The van der Waals surface area contributed by atoms with Crippen molar-refractivity contribution in [3.05, 3.63) is 77.0 Å². The van der Waals surface area contributed by atoms with Gasteiger partial charge in [-0.3, -0.25) is 9.59 Å². The maximum absolute atomic E-state index is 12.1. The van der Waals surface area contributed by atoms with Gasteiger partial charge in [-0.2, -0.15) is 0 Å². The molecular weight excluding hydrogens is 360 g/mol. The van der Waals surface area contributed by atoms with Crippen LogP contribution in [-0.2, 0) is 4.79 Å². The van der Waals surface area contributed by atoms with Crippen LogP contribution in [-0.4, -0.2) is 18.4 Å². The molecule has 2 amide bonds. The van der Waals surface area contributed by atoms with E-state index in [4.69, 9.17) is 4.74 Å². The second-order valence-electron chi connectivity index (χ2n) is 5.83. The number of nitrogens with one attached hydrogen (secondary N) is 2. The number of hydrogen-bond acceptors (Lipinski definition) is 4. The fourth-order valence-electron chi connectivity index (χ4n) is 2.44. The quantitative estimate of drug-likeness (QED) is 0.552. The van der Waals surface area contributed by atoms with E-state index in [-0.39, 0.29) is 11.8 Å². The Morgan fingerprint density at radius 2 is 1.67 bits per heavy atom. The van der Waals surface area contributed by atoms with Gasteiger partial charge in [0.2, 0.25) is 5.91 Å². The molecule has 2 N–H and O–H groups in total. The predicted octanol–water partition coefficient (Wildman–Crippen LogP) is 4.80. The zero-order valence-electron chi connectivity index (χ0n) is 14.7.